The molecule has 0 bridgehead atoms. The minimum Gasteiger partial charge on any atom is -0.493 e. The van der Waals surface area contributed by atoms with Gasteiger partial charge in [-0.1, -0.05) is 19.1 Å². The van der Waals surface area contributed by atoms with Crippen LogP contribution < -0.4 is 19.1 Å². The lowest BCUT2D eigenvalue weighted by atomic mass is 9.92. The Hall–Kier alpha value is -2.69. The number of ketones is 1. The molecule has 3 unspecified atom stereocenters. The van der Waals surface area contributed by atoms with E-state index in [-0.39, 0.29) is 17.6 Å². The minimum absolute atomic E-state index is 0.00978. The van der Waals surface area contributed by atoms with E-state index < -0.39 is 0 Å². The maximum absolute atomic E-state index is 13.2. The summed E-state index contributed by atoms with van der Waals surface area (Å²) in [7, 11) is 6.90. The van der Waals surface area contributed by atoms with Crippen molar-refractivity contribution in [3.63, 3.8) is 0 Å². The van der Waals surface area contributed by atoms with Gasteiger partial charge in [0, 0.05) is 30.3 Å². The van der Waals surface area contributed by atoms with Crippen LogP contribution in [0.25, 0.3) is 0 Å². The maximum atomic E-state index is 13.2. The Morgan fingerprint density at radius 3 is 2.37 bits per heavy atom. The third kappa shape index (κ3) is 3.51. The van der Waals surface area contributed by atoms with E-state index >= 15 is 0 Å². The molecule has 2 aromatic carbocycles. The van der Waals surface area contributed by atoms with Crippen molar-refractivity contribution in [1.82, 2.24) is 0 Å². The molecule has 0 amide bonds. The highest BCUT2D eigenvalue weighted by atomic mass is 16.5. The Morgan fingerprint density at radius 1 is 1.07 bits per heavy atom. The van der Waals surface area contributed by atoms with Crippen molar-refractivity contribution in [2.45, 2.75) is 44.6 Å². The second kappa shape index (κ2) is 8.21. The number of hydrogen-bond acceptors (Lipinski definition) is 5. The second-order valence-corrected chi connectivity index (χ2v) is 8.33. The normalized spacial score (nSPS) is 22.3. The monoisotopic (exact) mass is 409 g/mol. The highest BCUT2D eigenvalue weighted by molar-refractivity contribution is 6.01. The highest BCUT2D eigenvalue weighted by Gasteiger charge is 2.44. The van der Waals surface area contributed by atoms with E-state index in [9.17, 15) is 4.79 Å². The lowest BCUT2D eigenvalue weighted by molar-refractivity contribution is 0.0964. The van der Waals surface area contributed by atoms with Crippen LogP contribution in [0, 0.1) is 5.92 Å². The van der Waals surface area contributed by atoms with Crippen LogP contribution in [-0.4, -0.2) is 40.2 Å². The predicted octanol–water partition coefficient (Wildman–Crippen LogP) is 4.86. The zero-order valence-corrected chi connectivity index (χ0v) is 18.5. The van der Waals surface area contributed by atoms with E-state index in [1.807, 2.05) is 0 Å². The molecule has 5 nitrogen and oxygen atoms in total. The van der Waals surface area contributed by atoms with Gasteiger partial charge in [-0.05, 0) is 60.9 Å². The van der Waals surface area contributed by atoms with Gasteiger partial charge in [0.05, 0.1) is 21.3 Å². The van der Waals surface area contributed by atoms with E-state index in [1.165, 1.54) is 29.7 Å². The van der Waals surface area contributed by atoms with E-state index in [1.54, 1.807) is 33.5 Å². The molecule has 2 aromatic rings. The molecule has 0 aromatic heterocycles. The predicted molar refractivity (Wildman–Crippen MR) is 119 cm³/mol. The number of rotatable bonds is 7. The van der Waals surface area contributed by atoms with Crippen LogP contribution in [0.4, 0.5) is 5.69 Å². The summed E-state index contributed by atoms with van der Waals surface area (Å²) in [5, 5.41) is 0. The molecule has 0 radical (unpaired) electrons. The topological polar surface area (TPSA) is 48.0 Å². The van der Waals surface area contributed by atoms with Gasteiger partial charge in [0.1, 0.15) is 0 Å². The number of methoxy groups -OCH3 is 3. The largest absolute Gasteiger partial charge is 0.493 e. The van der Waals surface area contributed by atoms with E-state index in [0.717, 1.165) is 12.8 Å². The van der Waals surface area contributed by atoms with Gasteiger partial charge in [0.15, 0.2) is 17.3 Å². The number of benzene rings is 2. The molecule has 1 aliphatic carbocycles. The molecule has 2 aliphatic rings. The quantitative estimate of drug-likeness (QED) is 0.611. The van der Waals surface area contributed by atoms with Crippen molar-refractivity contribution in [3.05, 3.63) is 47.0 Å². The zero-order chi connectivity index (χ0) is 21.4. The molecule has 1 heterocycles. The summed E-state index contributed by atoms with van der Waals surface area (Å²) in [4.78, 5) is 15.6. The number of anilines is 1. The van der Waals surface area contributed by atoms with Gasteiger partial charge in [-0.3, -0.25) is 4.79 Å². The number of ether oxygens (including phenoxy) is 3. The van der Waals surface area contributed by atoms with Crippen LogP contribution in [-0.2, 0) is 6.42 Å². The third-order valence-electron chi connectivity index (χ3n) is 6.75. The lowest BCUT2D eigenvalue weighted by Crippen LogP contribution is -2.35. The molecular weight excluding hydrogens is 378 g/mol. The zero-order valence-electron chi connectivity index (χ0n) is 18.5. The molecule has 5 heteroatoms. The standard InChI is InChI=1S/C25H31NO4/c1-6-18-9-7-16-11-15(8-10-21(16)26(18)2)19-14-20(19)24(27)17-12-22(28-3)25(30-5)23(13-17)29-4/h8,10-13,18-20H,6-7,9,14H2,1-5H3. The number of Topliss-reactive ketones (excluding diaryl/α,β-unsaturated/α-hetero) is 1. The number of carbonyl (C=O) groups excluding carboxylic acids is 1. The summed E-state index contributed by atoms with van der Waals surface area (Å²) in [6, 6.07) is 10.9. The van der Waals surface area contributed by atoms with Crippen LogP contribution in [0.1, 0.15) is 53.6 Å². The van der Waals surface area contributed by atoms with Gasteiger partial charge in [-0.15, -0.1) is 0 Å². The minimum atomic E-state index is 0.00978. The maximum Gasteiger partial charge on any atom is 0.203 e. The highest BCUT2D eigenvalue weighted by Crippen LogP contribution is 2.51. The molecule has 1 aliphatic heterocycles. The summed E-state index contributed by atoms with van der Waals surface area (Å²) in [6.45, 7) is 2.25. The van der Waals surface area contributed by atoms with Crippen molar-refractivity contribution in [1.29, 1.82) is 0 Å². The number of hydrogen-bond donors (Lipinski definition) is 0. The van der Waals surface area contributed by atoms with Crippen molar-refractivity contribution >= 4 is 11.5 Å². The molecule has 30 heavy (non-hydrogen) atoms. The van der Waals surface area contributed by atoms with E-state index in [4.69, 9.17) is 14.2 Å². The third-order valence-corrected chi connectivity index (χ3v) is 6.75. The fourth-order valence-electron chi connectivity index (χ4n) is 4.86. The Balaban J connectivity index is 1.55. The smallest absolute Gasteiger partial charge is 0.203 e. The average Bonchev–Trinajstić information content (AvgIpc) is 3.58. The fraction of sp³-hybridized carbons (Fsp3) is 0.480. The fourth-order valence-corrected chi connectivity index (χ4v) is 4.86. The molecule has 160 valence electrons. The summed E-state index contributed by atoms with van der Waals surface area (Å²) in [5.74, 6) is 1.97. The first-order valence-corrected chi connectivity index (χ1v) is 10.7. The molecule has 0 saturated heterocycles. The van der Waals surface area contributed by atoms with E-state index in [2.05, 4.69) is 37.1 Å². The first kappa shape index (κ1) is 20.6. The van der Waals surface area contributed by atoms with Crippen LogP contribution >= 0.6 is 0 Å². The van der Waals surface area contributed by atoms with Gasteiger partial charge in [-0.25, -0.2) is 0 Å². The molecular formula is C25H31NO4. The SMILES string of the molecule is CCC1CCc2cc(C3CC3C(=O)c3cc(OC)c(OC)c(OC)c3)ccc2N1C. The summed E-state index contributed by atoms with van der Waals surface area (Å²) in [5.41, 5.74) is 4.64. The van der Waals surface area contributed by atoms with Crippen LogP contribution in [0.2, 0.25) is 0 Å². The van der Waals surface area contributed by atoms with Crippen molar-refractivity contribution < 1.29 is 19.0 Å². The van der Waals surface area contributed by atoms with Gasteiger partial charge >= 0.3 is 0 Å². The molecule has 0 spiro atoms. The molecule has 3 atom stereocenters. The summed E-state index contributed by atoms with van der Waals surface area (Å²) < 4.78 is 16.2. The number of fused-ring (bicyclic) bond motifs is 1. The first-order valence-electron chi connectivity index (χ1n) is 10.7. The Morgan fingerprint density at radius 2 is 1.77 bits per heavy atom. The van der Waals surface area contributed by atoms with Gasteiger partial charge in [0.2, 0.25) is 5.75 Å². The second-order valence-electron chi connectivity index (χ2n) is 8.33. The van der Waals surface area contributed by atoms with E-state index in [0.29, 0.717) is 28.9 Å². The van der Waals surface area contributed by atoms with Gasteiger partial charge < -0.3 is 19.1 Å². The molecule has 0 N–H and O–H groups in total. The average molecular weight is 410 g/mol. The molecule has 4 rings (SSSR count). The number of carbonyl (C=O) groups is 1. The van der Waals surface area contributed by atoms with Crippen LogP contribution in [0.3, 0.4) is 0 Å². The van der Waals surface area contributed by atoms with Crippen LogP contribution in [0.5, 0.6) is 17.2 Å². The Bertz CT molecular complexity index is 929. The summed E-state index contributed by atoms with van der Waals surface area (Å²) >= 11 is 0. The van der Waals surface area contributed by atoms with Crippen molar-refractivity contribution in [2.24, 2.45) is 5.92 Å². The first-order chi connectivity index (χ1) is 14.5. The molecule has 1 fully saturated rings. The summed E-state index contributed by atoms with van der Waals surface area (Å²) in [6.07, 6.45) is 4.37. The Kier molecular flexibility index (Phi) is 5.63. The van der Waals surface area contributed by atoms with Crippen molar-refractivity contribution in [2.75, 3.05) is 33.3 Å². The lowest BCUT2D eigenvalue weighted by Gasteiger charge is -2.35. The number of aryl methyl sites for hydroxylation is 1. The van der Waals surface area contributed by atoms with Crippen LogP contribution in [0.15, 0.2) is 30.3 Å². The molecule has 1 saturated carbocycles. The Labute approximate surface area is 178 Å². The van der Waals surface area contributed by atoms with Crippen molar-refractivity contribution in [3.8, 4) is 17.2 Å². The van der Waals surface area contributed by atoms with Gasteiger partial charge in [0.25, 0.3) is 0 Å². The van der Waals surface area contributed by atoms with Gasteiger partial charge in [-0.2, -0.15) is 0 Å². The number of nitrogens with zero attached hydrogens (tertiary/aromatic N) is 1.